The molecular formula is C24H25BrN2O5S. The highest BCUT2D eigenvalue weighted by molar-refractivity contribution is 9.10. The molecule has 33 heavy (non-hydrogen) atoms. The molecule has 0 atom stereocenters. The topological polar surface area (TPSA) is 88.4 Å². The minimum absolute atomic E-state index is 0.110. The average molecular weight is 533 g/mol. The van der Waals surface area contributed by atoms with E-state index in [0.29, 0.717) is 32.4 Å². The first-order chi connectivity index (χ1) is 15.7. The molecule has 1 heterocycles. The van der Waals surface area contributed by atoms with Crippen molar-refractivity contribution >= 4 is 56.5 Å². The van der Waals surface area contributed by atoms with Crippen molar-refractivity contribution in [1.82, 2.24) is 4.90 Å². The van der Waals surface area contributed by atoms with E-state index < -0.39 is 12.6 Å². The Labute approximate surface area is 205 Å². The summed E-state index contributed by atoms with van der Waals surface area (Å²) in [6.45, 7) is 6.19. The zero-order valence-electron chi connectivity index (χ0n) is 18.8. The number of hydrogen-bond donors (Lipinski definition) is 1. The summed E-state index contributed by atoms with van der Waals surface area (Å²) in [5.74, 6) is -0.275. The zero-order chi connectivity index (χ0) is 24.1. The van der Waals surface area contributed by atoms with Gasteiger partial charge in [-0.1, -0.05) is 31.5 Å². The van der Waals surface area contributed by atoms with Crippen molar-refractivity contribution in [3.8, 4) is 11.5 Å². The third kappa shape index (κ3) is 6.39. The molecule has 0 spiro atoms. The number of carboxylic acids is 1. The second-order valence-corrected chi connectivity index (χ2v) is 9.73. The number of amides is 1. The summed E-state index contributed by atoms with van der Waals surface area (Å²) in [5, 5.41) is 9.52. The monoisotopic (exact) mass is 532 g/mol. The second kappa shape index (κ2) is 10.9. The van der Waals surface area contributed by atoms with Crippen LogP contribution in [0, 0.1) is 12.8 Å². The van der Waals surface area contributed by atoms with Crippen LogP contribution >= 0.6 is 27.7 Å². The number of halogens is 1. The molecule has 0 aromatic heterocycles. The Hall–Kier alpha value is -2.78. The normalized spacial score (nSPS) is 16.2. The average Bonchev–Trinajstić information content (AvgIpc) is 3.02. The van der Waals surface area contributed by atoms with Crippen LogP contribution in [0.1, 0.15) is 25.0 Å². The number of aliphatic imine (C=N–C) groups is 1. The summed E-state index contributed by atoms with van der Waals surface area (Å²) >= 11 is 4.73. The summed E-state index contributed by atoms with van der Waals surface area (Å²) in [7, 11) is 1.47. The molecule has 2 aromatic carbocycles. The minimum Gasteiger partial charge on any atom is -0.493 e. The molecule has 1 aliphatic heterocycles. The van der Waals surface area contributed by atoms with E-state index in [1.807, 2.05) is 31.2 Å². The van der Waals surface area contributed by atoms with Crippen LogP contribution in [0.4, 0.5) is 5.69 Å². The molecule has 9 heteroatoms. The number of nitrogens with zero attached hydrogens (tertiary/aromatic N) is 2. The third-order valence-electron chi connectivity index (χ3n) is 4.58. The predicted octanol–water partition coefficient (Wildman–Crippen LogP) is 5.49. The van der Waals surface area contributed by atoms with Crippen LogP contribution in [0.15, 0.2) is 50.8 Å². The quantitative estimate of drug-likeness (QED) is 0.452. The van der Waals surface area contributed by atoms with Crippen molar-refractivity contribution in [2.45, 2.75) is 20.8 Å². The molecule has 1 saturated heterocycles. The third-order valence-corrected chi connectivity index (χ3v) is 6.18. The summed E-state index contributed by atoms with van der Waals surface area (Å²) in [6, 6.07) is 11.3. The number of carboxylic acid groups (broad SMARTS) is 1. The van der Waals surface area contributed by atoms with Crippen LogP contribution in [0.5, 0.6) is 11.5 Å². The maximum Gasteiger partial charge on any atom is 0.341 e. The highest BCUT2D eigenvalue weighted by atomic mass is 79.9. The van der Waals surface area contributed by atoms with Crippen molar-refractivity contribution in [3.05, 3.63) is 56.9 Å². The lowest BCUT2D eigenvalue weighted by Crippen LogP contribution is -2.32. The number of carbonyl (C=O) groups excluding carboxylic acids is 1. The summed E-state index contributed by atoms with van der Waals surface area (Å²) < 4.78 is 11.2. The van der Waals surface area contributed by atoms with Crippen LogP contribution in [0.3, 0.4) is 0 Å². The van der Waals surface area contributed by atoms with Gasteiger partial charge in [-0.3, -0.25) is 9.69 Å². The lowest BCUT2D eigenvalue weighted by molar-refractivity contribution is -0.139. The van der Waals surface area contributed by atoms with Gasteiger partial charge in [-0.25, -0.2) is 9.79 Å². The van der Waals surface area contributed by atoms with E-state index in [-0.39, 0.29) is 17.6 Å². The number of ether oxygens (including phenoxy) is 2. The Morgan fingerprint density at radius 3 is 2.58 bits per heavy atom. The highest BCUT2D eigenvalue weighted by Gasteiger charge is 2.33. The number of amidine groups is 1. The van der Waals surface area contributed by atoms with E-state index in [1.165, 1.54) is 18.9 Å². The Morgan fingerprint density at radius 1 is 1.27 bits per heavy atom. The number of methoxy groups -OCH3 is 1. The van der Waals surface area contributed by atoms with Gasteiger partial charge in [0.15, 0.2) is 23.3 Å². The SMILES string of the molecule is COc1cc(/C=C2/SC(=Nc3ccc(C)cc3)N(CC(C)C)C2=O)cc(Br)c1OCC(=O)O. The molecule has 0 radical (unpaired) electrons. The molecular weight excluding hydrogens is 508 g/mol. The number of rotatable bonds is 8. The number of aryl methyl sites for hydroxylation is 1. The van der Waals surface area contributed by atoms with Gasteiger partial charge in [-0.05, 0) is 76.4 Å². The van der Waals surface area contributed by atoms with Crippen LogP contribution in [0.25, 0.3) is 6.08 Å². The molecule has 1 fully saturated rings. The van der Waals surface area contributed by atoms with Crippen LogP contribution in [0.2, 0.25) is 0 Å². The van der Waals surface area contributed by atoms with E-state index in [9.17, 15) is 9.59 Å². The number of aliphatic carboxylic acids is 1. The van der Waals surface area contributed by atoms with Crippen LogP contribution < -0.4 is 9.47 Å². The van der Waals surface area contributed by atoms with Gasteiger partial charge in [0, 0.05) is 6.54 Å². The van der Waals surface area contributed by atoms with Gasteiger partial charge >= 0.3 is 5.97 Å². The number of carbonyl (C=O) groups is 2. The molecule has 2 aromatic rings. The van der Waals surface area contributed by atoms with Crippen molar-refractivity contribution in [2.75, 3.05) is 20.3 Å². The fourth-order valence-corrected chi connectivity index (χ4v) is 4.68. The zero-order valence-corrected chi connectivity index (χ0v) is 21.2. The summed E-state index contributed by atoms with van der Waals surface area (Å²) in [4.78, 5) is 31.0. The van der Waals surface area contributed by atoms with Gasteiger partial charge in [0.05, 0.1) is 22.2 Å². The predicted molar refractivity (Wildman–Crippen MR) is 134 cm³/mol. The van der Waals surface area contributed by atoms with Crippen molar-refractivity contribution < 1.29 is 24.2 Å². The molecule has 0 unspecified atom stereocenters. The van der Waals surface area contributed by atoms with Gasteiger partial charge in [0.25, 0.3) is 5.91 Å². The first-order valence-corrected chi connectivity index (χ1v) is 11.9. The summed E-state index contributed by atoms with van der Waals surface area (Å²) in [5.41, 5.74) is 2.64. The number of benzene rings is 2. The molecule has 0 bridgehead atoms. The summed E-state index contributed by atoms with van der Waals surface area (Å²) in [6.07, 6.45) is 1.77. The first-order valence-electron chi connectivity index (χ1n) is 10.3. The van der Waals surface area contributed by atoms with E-state index >= 15 is 0 Å². The van der Waals surface area contributed by atoms with Crippen molar-refractivity contribution in [3.63, 3.8) is 0 Å². The molecule has 0 aliphatic carbocycles. The van der Waals surface area contributed by atoms with Gasteiger partial charge in [-0.2, -0.15) is 0 Å². The van der Waals surface area contributed by atoms with E-state index in [4.69, 9.17) is 19.6 Å². The highest BCUT2D eigenvalue weighted by Crippen LogP contribution is 2.39. The molecule has 7 nitrogen and oxygen atoms in total. The Balaban J connectivity index is 1.95. The van der Waals surface area contributed by atoms with Crippen molar-refractivity contribution in [2.24, 2.45) is 10.9 Å². The molecule has 1 N–H and O–H groups in total. The Morgan fingerprint density at radius 2 is 1.97 bits per heavy atom. The fraction of sp³-hybridized carbons (Fsp3) is 0.292. The fourth-order valence-electron chi connectivity index (χ4n) is 3.10. The van der Waals surface area contributed by atoms with Crippen LogP contribution in [-0.2, 0) is 9.59 Å². The standard InChI is InChI=1S/C24H25BrN2O5S/c1-14(2)12-27-23(30)20(33-24(27)26-17-7-5-15(3)6-8-17)11-16-9-18(25)22(19(10-16)31-4)32-13-21(28)29/h5-11,14H,12-13H2,1-4H3,(H,28,29)/b20-11+,26-24?. The Bertz CT molecular complexity index is 1110. The van der Waals surface area contributed by atoms with E-state index in [2.05, 4.69) is 29.8 Å². The van der Waals surface area contributed by atoms with E-state index in [0.717, 1.165) is 11.3 Å². The molecule has 0 saturated carbocycles. The molecule has 3 rings (SSSR count). The van der Waals surface area contributed by atoms with Gasteiger partial charge in [-0.15, -0.1) is 0 Å². The maximum atomic E-state index is 13.2. The molecule has 174 valence electrons. The number of thioether (sulfide) groups is 1. The van der Waals surface area contributed by atoms with E-state index in [1.54, 1.807) is 23.1 Å². The molecule has 1 aliphatic rings. The number of hydrogen-bond acceptors (Lipinski definition) is 6. The van der Waals surface area contributed by atoms with Crippen LogP contribution in [-0.4, -0.2) is 47.3 Å². The largest absolute Gasteiger partial charge is 0.493 e. The second-order valence-electron chi connectivity index (χ2n) is 7.87. The Kier molecular flexibility index (Phi) is 8.20. The minimum atomic E-state index is -1.09. The van der Waals surface area contributed by atoms with Gasteiger partial charge < -0.3 is 14.6 Å². The van der Waals surface area contributed by atoms with Gasteiger partial charge in [0.1, 0.15) is 0 Å². The lowest BCUT2D eigenvalue weighted by atomic mass is 10.1. The lowest BCUT2D eigenvalue weighted by Gasteiger charge is -2.17. The van der Waals surface area contributed by atoms with Crippen molar-refractivity contribution in [1.29, 1.82) is 0 Å². The first kappa shape index (κ1) is 24.9. The smallest absolute Gasteiger partial charge is 0.341 e. The molecule has 1 amide bonds. The maximum absolute atomic E-state index is 13.2. The van der Waals surface area contributed by atoms with Gasteiger partial charge in [0.2, 0.25) is 0 Å².